The SMILES string of the molecule is CN(C(=O)C1CC1c1cccc2ccccc12)C(C)(C)C(=O)O. The Balaban J connectivity index is 1.84. The topological polar surface area (TPSA) is 57.6 Å². The minimum atomic E-state index is -1.19. The standard InChI is InChI=1S/C19H21NO3/c1-19(2,18(22)23)20(3)17(21)16-11-15(16)14-10-6-8-12-7-4-5-9-13(12)14/h4-10,15-16H,11H2,1-3H3,(H,22,23). The number of carboxylic acid groups (broad SMARTS) is 1. The first-order chi connectivity index (χ1) is 10.8. The van der Waals surface area contributed by atoms with Crippen molar-refractivity contribution in [2.75, 3.05) is 7.05 Å². The molecule has 4 nitrogen and oxygen atoms in total. The van der Waals surface area contributed by atoms with E-state index >= 15 is 0 Å². The van der Waals surface area contributed by atoms with E-state index in [1.54, 1.807) is 20.9 Å². The molecule has 0 heterocycles. The first-order valence-corrected chi connectivity index (χ1v) is 7.82. The molecule has 2 aromatic rings. The highest BCUT2D eigenvalue weighted by Crippen LogP contribution is 2.50. The molecule has 1 aliphatic carbocycles. The highest BCUT2D eigenvalue weighted by molar-refractivity contribution is 5.92. The van der Waals surface area contributed by atoms with E-state index in [0.717, 1.165) is 6.42 Å². The minimum Gasteiger partial charge on any atom is -0.480 e. The Kier molecular flexibility index (Phi) is 3.63. The van der Waals surface area contributed by atoms with Crippen molar-refractivity contribution in [1.82, 2.24) is 4.90 Å². The van der Waals surface area contributed by atoms with Crippen LogP contribution in [-0.2, 0) is 9.59 Å². The van der Waals surface area contributed by atoms with Gasteiger partial charge in [0.1, 0.15) is 5.54 Å². The second-order valence-corrected chi connectivity index (χ2v) is 6.78. The molecule has 1 fully saturated rings. The van der Waals surface area contributed by atoms with Crippen LogP contribution in [0.4, 0.5) is 0 Å². The lowest BCUT2D eigenvalue weighted by molar-refractivity contribution is -0.155. The summed E-state index contributed by atoms with van der Waals surface area (Å²) in [5.74, 6) is -1.02. The summed E-state index contributed by atoms with van der Waals surface area (Å²) in [5.41, 5.74) is -0.00817. The van der Waals surface area contributed by atoms with E-state index in [4.69, 9.17) is 0 Å². The Morgan fingerprint density at radius 3 is 2.48 bits per heavy atom. The number of hydrogen-bond acceptors (Lipinski definition) is 2. The maximum absolute atomic E-state index is 12.6. The number of benzene rings is 2. The number of hydrogen-bond donors (Lipinski definition) is 1. The van der Waals surface area contributed by atoms with Crippen molar-refractivity contribution in [3.8, 4) is 0 Å². The number of carbonyl (C=O) groups is 2. The first-order valence-electron chi connectivity index (χ1n) is 7.82. The van der Waals surface area contributed by atoms with Gasteiger partial charge in [-0.15, -0.1) is 0 Å². The van der Waals surface area contributed by atoms with Gasteiger partial charge in [-0.1, -0.05) is 42.5 Å². The smallest absolute Gasteiger partial charge is 0.329 e. The van der Waals surface area contributed by atoms with Crippen molar-refractivity contribution < 1.29 is 14.7 Å². The van der Waals surface area contributed by atoms with E-state index < -0.39 is 11.5 Å². The van der Waals surface area contributed by atoms with Gasteiger partial charge in [0.2, 0.25) is 5.91 Å². The molecular formula is C19H21NO3. The van der Waals surface area contributed by atoms with Gasteiger partial charge >= 0.3 is 5.97 Å². The average Bonchev–Trinajstić information content (AvgIpc) is 3.33. The highest BCUT2D eigenvalue weighted by Gasteiger charge is 2.49. The number of carboxylic acids is 1. The Bertz CT molecular complexity index is 776. The molecule has 1 aliphatic rings. The molecule has 0 bridgehead atoms. The van der Waals surface area contributed by atoms with Gasteiger partial charge in [-0.2, -0.15) is 0 Å². The lowest BCUT2D eigenvalue weighted by Crippen LogP contribution is -2.51. The zero-order valence-electron chi connectivity index (χ0n) is 13.6. The van der Waals surface area contributed by atoms with Gasteiger partial charge in [-0.3, -0.25) is 4.79 Å². The molecule has 0 aromatic heterocycles. The van der Waals surface area contributed by atoms with Crippen LogP contribution in [-0.4, -0.2) is 34.5 Å². The average molecular weight is 311 g/mol. The minimum absolute atomic E-state index is 0.0877. The van der Waals surface area contributed by atoms with Crippen molar-refractivity contribution in [3.63, 3.8) is 0 Å². The zero-order valence-corrected chi connectivity index (χ0v) is 13.6. The number of fused-ring (bicyclic) bond motifs is 1. The number of aliphatic carboxylic acids is 1. The lowest BCUT2D eigenvalue weighted by Gasteiger charge is -2.31. The molecule has 2 aromatic carbocycles. The predicted molar refractivity (Wildman–Crippen MR) is 89.3 cm³/mol. The summed E-state index contributed by atoms with van der Waals surface area (Å²) in [4.78, 5) is 25.3. The van der Waals surface area contributed by atoms with Gasteiger partial charge in [-0.05, 0) is 42.5 Å². The summed E-state index contributed by atoms with van der Waals surface area (Å²) in [6, 6.07) is 14.3. The van der Waals surface area contributed by atoms with Crippen LogP contribution >= 0.6 is 0 Å². The van der Waals surface area contributed by atoms with Crippen LogP contribution < -0.4 is 0 Å². The van der Waals surface area contributed by atoms with E-state index in [2.05, 4.69) is 24.3 Å². The van der Waals surface area contributed by atoms with Gasteiger partial charge in [0.25, 0.3) is 0 Å². The number of rotatable bonds is 4. The summed E-state index contributed by atoms with van der Waals surface area (Å²) in [6.07, 6.45) is 0.785. The van der Waals surface area contributed by atoms with E-state index in [-0.39, 0.29) is 17.7 Å². The van der Waals surface area contributed by atoms with E-state index in [0.29, 0.717) is 0 Å². The van der Waals surface area contributed by atoms with Crippen LogP contribution in [0.1, 0.15) is 31.7 Å². The lowest BCUT2D eigenvalue weighted by atomic mass is 9.99. The fraction of sp³-hybridized carbons (Fsp3) is 0.368. The summed E-state index contributed by atoms with van der Waals surface area (Å²) in [5, 5.41) is 11.6. The summed E-state index contributed by atoms with van der Waals surface area (Å²) >= 11 is 0. The van der Waals surface area contributed by atoms with Gasteiger partial charge in [0.15, 0.2) is 0 Å². The van der Waals surface area contributed by atoms with Crippen LogP contribution in [0, 0.1) is 5.92 Å². The van der Waals surface area contributed by atoms with Gasteiger partial charge in [0, 0.05) is 13.0 Å². The van der Waals surface area contributed by atoms with Crippen LogP contribution in [0.2, 0.25) is 0 Å². The number of likely N-dealkylation sites (N-methyl/N-ethyl adjacent to an activating group) is 1. The molecule has 23 heavy (non-hydrogen) atoms. The van der Waals surface area contributed by atoms with E-state index in [1.165, 1.54) is 21.2 Å². The van der Waals surface area contributed by atoms with Crippen molar-refractivity contribution >= 4 is 22.6 Å². The maximum atomic E-state index is 12.6. The van der Waals surface area contributed by atoms with Crippen molar-refractivity contribution in [2.24, 2.45) is 5.92 Å². The quantitative estimate of drug-likeness (QED) is 0.943. The molecule has 2 unspecified atom stereocenters. The molecule has 0 saturated heterocycles. The number of nitrogens with zero attached hydrogens (tertiary/aromatic N) is 1. The second-order valence-electron chi connectivity index (χ2n) is 6.78. The van der Waals surface area contributed by atoms with Gasteiger partial charge in [0.05, 0.1) is 0 Å². The van der Waals surface area contributed by atoms with Crippen LogP contribution in [0.25, 0.3) is 10.8 Å². The zero-order chi connectivity index (χ0) is 16.8. The van der Waals surface area contributed by atoms with Gasteiger partial charge < -0.3 is 10.0 Å². The predicted octanol–water partition coefficient (Wildman–Crippen LogP) is 3.26. The molecule has 1 N–H and O–H groups in total. The summed E-state index contributed by atoms with van der Waals surface area (Å²) in [6.45, 7) is 3.12. The molecule has 4 heteroatoms. The summed E-state index contributed by atoms with van der Waals surface area (Å²) < 4.78 is 0. The Morgan fingerprint density at radius 1 is 1.13 bits per heavy atom. The third kappa shape index (κ3) is 2.58. The molecule has 2 atom stereocenters. The normalized spacial score (nSPS) is 20.3. The second kappa shape index (κ2) is 5.37. The van der Waals surface area contributed by atoms with Crippen LogP contribution in [0.15, 0.2) is 42.5 Å². The molecule has 0 aliphatic heterocycles. The largest absolute Gasteiger partial charge is 0.480 e. The highest BCUT2D eigenvalue weighted by atomic mass is 16.4. The third-order valence-corrected chi connectivity index (χ3v) is 5.02. The molecule has 1 amide bonds. The Labute approximate surface area is 135 Å². The molecule has 3 rings (SSSR count). The maximum Gasteiger partial charge on any atom is 0.329 e. The molecular weight excluding hydrogens is 290 g/mol. The number of amides is 1. The van der Waals surface area contributed by atoms with Crippen LogP contribution in [0.5, 0.6) is 0 Å². The molecule has 0 radical (unpaired) electrons. The fourth-order valence-electron chi connectivity index (χ4n) is 3.05. The fourth-order valence-corrected chi connectivity index (χ4v) is 3.05. The van der Waals surface area contributed by atoms with Crippen LogP contribution in [0.3, 0.4) is 0 Å². The monoisotopic (exact) mass is 311 g/mol. The van der Waals surface area contributed by atoms with Crippen molar-refractivity contribution in [1.29, 1.82) is 0 Å². The van der Waals surface area contributed by atoms with Crippen molar-refractivity contribution in [2.45, 2.75) is 31.7 Å². The number of carbonyl (C=O) groups excluding carboxylic acids is 1. The van der Waals surface area contributed by atoms with Crippen molar-refractivity contribution in [3.05, 3.63) is 48.0 Å². The summed E-state index contributed by atoms with van der Waals surface area (Å²) in [7, 11) is 1.58. The third-order valence-electron chi connectivity index (χ3n) is 5.02. The van der Waals surface area contributed by atoms with E-state index in [9.17, 15) is 14.7 Å². The van der Waals surface area contributed by atoms with E-state index in [1.807, 2.05) is 18.2 Å². The molecule has 120 valence electrons. The first kappa shape index (κ1) is 15.5. The Hall–Kier alpha value is -2.36. The molecule has 1 saturated carbocycles. The Morgan fingerprint density at radius 2 is 1.78 bits per heavy atom. The van der Waals surface area contributed by atoms with Gasteiger partial charge in [-0.25, -0.2) is 4.79 Å². The molecule has 0 spiro atoms.